The maximum atomic E-state index is 12.0. The smallest absolute Gasteiger partial charge is 0.229 e. The molecule has 2 rings (SSSR count). The van der Waals surface area contributed by atoms with E-state index in [1.807, 2.05) is 30.3 Å². The lowest BCUT2D eigenvalue weighted by atomic mass is 10.2. The molecule has 102 valence electrons. The summed E-state index contributed by atoms with van der Waals surface area (Å²) in [6, 6.07) is 9.52. The van der Waals surface area contributed by atoms with Crippen LogP contribution in [0.5, 0.6) is 0 Å². The minimum atomic E-state index is -0.0583. The van der Waals surface area contributed by atoms with Crippen LogP contribution in [-0.2, 0) is 9.59 Å². The lowest BCUT2D eigenvalue weighted by Crippen LogP contribution is -2.37. The van der Waals surface area contributed by atoms with Gasteiger partial charge >= 0.3 is 0 Å². The van der Waals surface area contributed by atoms with Crippen molar-refractivity contribution in [1.29, 1.82) is 0 Å². The molecule has 0 bridgehead atoms. The summed E-state index contributed by atoms with van der Waals surface area (Å²) >= 11 is 0. The van der Waals surface area contributed by atoms with E-state index in [1.54, 1.807) is 4.90 Å². The third kappa shape index (κ3) is 3.56. The maximum absolute atomic E-state index is 12.0. The summed E-state index contributed by atoms with van der Waals surface area (Å²) in [4.78, 5) is 25.4. The van der Waals surface area contributed by atoms with E-state index in [-0.39, 0.29) is 17.9 Å². The predicted octanol–water partition coefficient (Wildman–Crippen LogP) is 2.10. The fraction of sp³-hybridized carbons (Fsp3) is 0.467. The molecule has 1 aromatic carbocycles. The fourth-order valence-electron chi connectivity index (χ4n) is 2.30. The first-order chi connectivity index (χ1) is 9.20. The first-order valence-corrected chi connectivity index (χ1v) is 6.85. The molecular weight excluding hydrogens is 240 g/mol. The zero-order valence-corrected chi connectivity index (χ0v) is 11.3. The molecule has 0 aliphatic carbocycles. The van der Waals surface area contributed by atoms with Gasteiger partial charge in [-0.2, -0.15) is 0 Å². The van der Waals surface area contributed by atoms with Gasteiger partial charge in [0, 0.05) is 25.1 Å². The van der Waals surface area contributed by atoms with Gasteiger partial charge in [-0.1, -0.05) is 31.5 Å². The maximum Gasteiger partial charge on any atom is 0.229 e. The van der Waals surface area contributed by atoms with Gasteiger partial charge in [-0.3, -0.25) is 9.59 Å². The van der Waals surface area contributed by atoms with Crippen LogP contribution in [0.25, 0.3) is 0 Å². The van der Waals surface area contributed by atoms with Crippen molar-refractivity contribution >= 4 is 17.5 Å². The van der Waals surface area contributed by atoms with Crippen LogP contribution in [0, 0.1) is 0 Å². The van der Waals surface area contributed by atoms with Crippen LogP contribution in [0.2, 0.25) is 0 Å². The Morgan fingerprint density at radius 3 is 2.79 bits per heavy atom. The largest absolute Gasteiger partial charge is 0.351 e. The van der Waals surface area contributed by atoms with Crippen molar-refractivity contribution in [2.45, 2.75) is 38.6 Å². The van der Waals surface area contributed by atoms with Crippen molar-refractivity contribution in [1.82, 2.24) is 5.32 Å². The summed E-state index contributed by atoms with van der Waals surface area (Å²) in [7, 11) is 0. The Balaban J connectivity index is 1.91. The molecule has 0 saturated carbocycles. The molecule has 1 atom stereocenters. The number of unbranched alkanes of at least 4 members (excludes halogenated alkanes) is 1. The Morgan fingerprint density at radius 2 is 2.11 bits per heavy atom. The molecule has 19 heavy (non-hydrogen) atoms. The highest BCUT2D eigenvalue weighted by molar-refractivity contribution is 5.96. The van der Waals surface area contributed by atoms with E-state index in [1.165, 1.54) is 0 Å². The van der Waals surface area contributed by atoms with Crippen LogP contribution < -0.4 is 10.2 Å². The molecule has 4 heteroatoms. The van der Waals surface area contributed by atoms with Gasteiger partial charge in [0.2, 0.25) is 11.8 Å². The number of hydrogen-bond donors (Lipinski definition) is 1. The van der Waals surface area contributed by atoms with Gasteiger partial charge in [-0.25, -0.2) is 0 Å². The van der Waals surface area contributed by atoms with Crippen LogP contribution in [-0.4, -0.2) is 24.4 Å². The zero-order valence-electron chi connectivity index (χ0n) is 11.3. The Hall–Kier alpha value is -1.84. The fourth-order valence-corrected chi connectivity index (χ4v) is 2.30. The van der Waals surface area contributed by atoms with E-state index < -0.39 is 0 Å². The molecule has 1 heterocycles. The molecule has 4 nitrogen and oxygen atoms in total. The Bertz CT molecular complexity index is 445. The summed E-state index contributed by atoms with van der Waals surface area (Å²) in [6.07, 6.45) is 2.85. The highest BCUT2D eigenvalue weighted by Gasteiger charge is 2.31. The first kappa shape index (κ1) is 13.6. The van der Waals surface area contributed by atoms with Gasteiger partial charge in [0.15, 0.2) is 0 Å². The summed E-state index contributed by atoms with van der Waals surface area (Å²) in [5.41, 5.74) is 0.901. The lowest BCUT2D eigenvalue weighted by Gasteiger charge is -2.17. The van der Waals surface area contributed by atoms with Crippen LogP contribution in [0.3, 0.4) is 0 Å². The Morgan fingerprint density at radius 1 is 1.37 bits per heavy atom. The average Bonchev–Trinajstić information content (AvgIpc) is 2.78. The molecular formula is C15H20N2O2. The number of benzene rings is 1. The Labute approximate surface area is 113 Å². The number of nitrogens with one attached hydrogen (secondary N) is 1. The standard InChI is InChI=1S/C15H20N2O2/c1-2-3-9-14(18)16-12-10-15(19)17(11-12)13-7-5-4-6-8-13/h4-8,12H,2-3,9-11H2,1H3,(H,16,18). The highest BCUT2D eigenvalue weighted by Crippen LogP contribution is 2.21. The number of amides is 2. The first-order valence-electron chi connectivity index (χ1n) is 6.85. The minimum Gasteiger partial charge on any atom is -0.351 e. The molecule has 2 amide bonds. The van der Waals surface area contributed by atoms with Crippen molar-refractivity contribution < 1.29 is 9.59 Å². The van der Waals surface area contributed by atoms with Gasteiger partial charge in [0.1, 0.15) is 0 Å². The van der Waals surface area contributed by atoms with E-state index in [0.29, 0.717) is 19.4 Å². The quantitative estimate of drug-likeness (QED) is 0.881. The second-order valence-corrected chi connectivity index (χ2v) is 4.91. The lowest BCUT2D eigenvalue weighted by molar-refractivity contribution is -0.121. The minimum absolute atomic E-state index is 0.0505. The van der Waals surface area contributed by atoms with Crippen molar-refractivity contribution in [2.24, 2.45) is 0 Å². The number of nitrogens with zero attached hydrogens (tertiary/aromatic N) is 1. The van der Waals surface area contributed by atoms with Crippen LogP contribution in [0.15, 0.2) is 30.3 Å². The molecule has 0 aromatic heterocycles. The SMILES string of the molecule is CCCCC(=O)NC1CC(=O)N(c2ccccc2)C1. The molecule has 0 radical (unpaired) electrons. The van der Waals surface area contributed by atoms with Crippen molar-refractivity contribution in [3.8, 4) is 0 Å². The molecule has 1 unspecified atom stereocenters. The van der Waals surface area contributed by atoms with Crippen LogP contribution >= 0.6 is 0 Å². The molecule has 1 aromatic rings. The van der Waals surface area contributed by atoms with Crippen molar-refractivity contribution in [3.05, 3.63) is 30.3 Å². The van der Waals surface area contributed by atoms with E-state index in [0.717, 1.165) is 18.5 Å². The van der Waals surface area contributed by atoms with Gasteiger partial charge in [-0.15, -0.1) is 0 Å². The van der Waals surface area contributed by atoms with E-state index >= 15 is 0 Å². The zero-order chi connectivity index (χ0) is 13.7. The summed E-state index contributed by atoms with van der Waals surface area (Å²) in [5, 5.41) is 2.94. The third-order valence-corrected chi connectivity index (χ3v) is 3.32. The third-order valence-electron chi connectivity index (χ3n) is 3.32. The molecule has 1 aliphatic heterocycles. The van der Waals surface area contributed by atoms with Gasteiger partial charge in [0.05, 0.1) is 6.04 Å². The van der Waals surface area contributed by atoms with E-state index in [9.17, 15) is 9.59 Å². The molecule has 1 aliphatic rings. The molecule has 1 saturated heterocycles. The van der Waals surface area contributed by atoms with Gasteiger partial charge < -0.3 is 10.2 Å². The molecule has 0 spiro atoms. The number of anilines is 1. The second kappa shape index (κ2) is 6.36. The second-order valence-electron chi connectivity index (χ2n) is 4.91. The van der Waals surface area contributed by atoms with Crippen LogP contribution in [0.1, 0.15) is 32.6 Å². The summed E-state index contributed by atoms with van der Waals surface area (Å²) in [5.74, 6) is 0.126. The molecule has 1 N–H and O–H groups in total. The average molecular weight is 260 g/mol. The van der Waals surface area contributed by atoms with Crippen molar-refractivity contribution in [3.63, 3.8) is 0 Å². The number of carbonyl (C=O) groups excluding carboxylic acids is 2. The summed E-state index contributed by atoms with van der Waals surface area (Å²) < 4.78 is 0. The highest BCUT2D eigenvalue weighted by atomic mass is 16.2. The predicted molar refractivity (Wildman–Crippen MR) is 74.9 cm³/mol. The van der Waals surface area contributed by atoms with Crippen LogP contribution in [0.4, 0.5) is 5.69 Å². The number of carbonyl (C=O) groups is 2. The van der Waals surface area contributed by atoms with Gasteiger partial charge in [-0.05, 0) is 18.6 Å². The van der Waals surface area contributed by atoms with E-state index in [2.05, 4.69) is 12.2 Å². The topological polar surface area (TPSA) is 49.4 Å². The number of hydrogen-bond acceptors (Lipinski definition) is 2. The van der Waals surface area contributed by atoms with Gasteiger partial charge in [0.25, 0.3) is 0 Å². The normalized spacial score (nSPS) is 18.7. The summed E-state index contributed by atoms with van der Waals surface area (Å²) in [6.45, 7) is 2.63. The number of para-hydroxylation sites is 1. The molecule has 1 fully saturated rings. The monoisotopic (exact) mass is 260 g/mol. The van der Waals surface area contributed by atoms with Crippen molar-refractivity contribution in [2.75, 3.05) is 11.4 Å². The van der Waals surface area contributed by atoms with E-state index in [4.69, 9.17) is 0 Å². The Kier molecular flexibility index (Phi) is 4.55. The number of rotatable bonds is 5.